The van der Waals surface area contributed by atoms with Gasteiger partial charge in [0.2, 0.25) is 0 Å². The van der Waals surface area contributed by atoms with Gasteiger partial charge in [0.25, 0.3) is 0 Å². The molecule has 0 saturated carbocycles. The van der Waals surface area contributed by atoms with Gasteiger partial charge in [-0.2, -0.15) is 11.8 Å². The van der Waals surface area contributed by atoms with E-state index in [1.54, 1.807) is 30.0 Å². The highest BCUT2D eigenvalue weighted by molar-refractivity contribution is 7.98. The summed E-state index contributed by atoms with van der Waals surface area (Å²) in [5, 5.41) is 9.88. The van der Waals surface area contributed by atoms with Crippen LogP contribution in [0, 0.1) is 5.82 Å². The number of likely N-dealkylation sites (N-methyl/N-ethyl adjacent to an activating group) is 1. The predicted molar refractivity (Wildman–Crippen MR) is 67.2 cm³/mol. The third-order valence-corrected chi connectivity index (χ3v) is 3.02. The lowest BCUT2D eigenvalue weighted by Crippen LogP contribution is -2.27. The Morgan fingerprint density at radius 1 is 1.44 bits per heavy atom. The molecule has 0 aliphatic carbocycles. The van der Waals surface area contributed by atoms with Crippen molar-refractivity contribution in [2.75, 3.05) is 32.1 Å². The van der Waals surface area contributed by atoms with Gasteiger partial charge in [0, 0.05) is 24.4 Å². The fourth-order valence-electron chi connectivity index (χ4n) is 1.48. The minimum Gasteiger partial charge on any atom is -0.387 e. The number of nitrogens with zero attached hydrogens (tertiary/aromatic N) is 1. The Kier molecular flexibility index (Phi) is 5.80. The molecule has 1 aromatic carbocycles. The van der Waals surface area contributed by atoms with E-state index in [0.717, 1.165) is 12.3 Å². The second-order valence-electron chi connectivity index (χ2n) is 3.79. The molecule has 16 heavy (non-hydrogen) atoms. The highest BCUT2D eigenvalue weighted by Crippen LogP contribution is 2.17. The van der Waals surface area contributed by atoms with E-state index in [-0.39, 0.29) is 5.82 Å². The van der Waals surface area contributed by atoms with E-state index in [1.165, 1.54) is 6.07 Å². The molecule has 0 heterocycles. The van der Waals surface area contributed by atoms with E-state index >= 15 is 0 Å². The highest BCUT2D eigenvalue weighted by Gasteiger charge is 2.13. The summed E-state index contributed by atoms with van der Waals surface area (Å²) in [5.74, 6) is 0.675. The predicted octanol–water partition coefficient (Wildman–Crippen LogP) is 2.15. The highest BCUT2D eigenvalue weighted by atomic mass is 32.2. The van der Waals surface area contributed by atoms with E-state index in [2.05, 4.69) is 0 Å². The molecule has 0 bridgehead atoms. The van der Waals surface area contributed by atoms with Gasteiger partial charge in [-0.1, -0.05) is 18.2 Å². The van der Waals surface area contributed by atoms with Crippen LogP contribution in [0.5, 0.6) is 0 Å². The van der Waals surface area contributed by atoms with Gasteiger partial charge in [-0.15, -0.1) is 0 Å². The van der Waals surface area contributed by atoms with Gasteiger partial charge < -0.3 is 10.0 Å². The largest absolute Gasteiger partial charge is 0.387 e. The number of halogens is 1. The topological polar surface area (TPSA) is 23.5 Å². The number of thioether (sulfide) groups is 1. The van der Waals surface area contributed by atoms with Crippen molar-refractivity contribution in [1.29, 1.82) is 0 Å². The van der Waals surface area contributed by atoms with Gasteiger partial charge in [0.15, 0.2) is 0 Å². The van der Waals surface area contributed by atoms with Crippen molar-refractivity contribution in [2.24, 2.45) is 0 Å². The first kappa shape index (κ1) is 13.5. The van der Waals surface area contributed by atoms with Gasteiger partial charge in [-0.05, 0) is 19.4 Å². The molecule has 1 aromatic rings. The first-order valence-corrected chi connectivity index (χ1v) is 6.64. The summed E-state index contributed by atoms with van der Waals surface area (Å²) in [6.45, 7) is 1.36. The molecule has 90 valence electrons. The Morgan fingerprint density at radius 3 is 2.75 bits per heavy atom. The molecular formula is C12H18FNOS. The Morgan fingerprint density at radius 2 is 2.12 bits per heavy atom. The van der Waals surface area contributed by atoms with Crippen LogP contribution in [0.25, 0.3) is 0 Å². The van der Waals surface area contributed by atoms with Gasteiger partial charge in [-0.3, -0.25) is 0 Å². The molecule has 1 rings (SSSR count). The SMILES string of the molecule is CSCCN(C)CC(O)c1ccccc1F. The van der Waals surface area contributed by atoms with Crippen molar-refractivity contribution in [3.63, 3.8) is 0 Å². The zero-order valence-electron chi connectivity index (χ0n) is 9.69. The third kappa shape index (κ3) is 4.12. The third-order valence-electron chi connectivity index (χ3n) is 2.43. The Hall–Kier alpha value is -0.580. The molecule has 0 aliphatic rings. The molecule has 1 N–H and O–H groups in total. The van der Waals surface area contributed by atoms with Crippen LogP contribution in [0.2, 0.25) is 0 Å². The average molecular weight is 243 g/mol. The maximum absolute atomic E-state index is 13.4. The maximum atomic E-state index is 13.4. The zero-order chi connectivity index (χ0) is 12.0. The second-order valence-corrected chi connectivity index (χ2v) is 4.78. The van der Waals surface area contributed by atoms with Crippen LogP contribution >= 0.6 is 11.8 Å². The Bertz CT molecular complexity index is 322. The summed E-state index contributed by atoms with van der Waals surface area (Å²) in [5.41, 5.74) is 0.374. The first-order chi connectivity index (χ1) is 7.65. The van der Waals surface area contributed by atoms with Crippen molar-refractivity contribution < 1.29 is 9.50 Å². The fraction of sp³-hybridized carbons (Fsp3) is 0.500. The summed E-state index contributed by atoms with van der Waals surface area (Å²) in [6.07, 6.45) is 1.29. The first-order valence-electron chi connectivity index (χ1n) is 5.25. The molecule has 0 amide bonds. The van der Waals surface area contributed by atoms with Crippen LogP contribution in [0.15, 0.2) is 24.3 Å². The summed E-state index contributed by atoms with van der Waals surface area (Å²) >= 11 is 1.76. The van der Waals surface area contributed by atoms with Crippen LogP contribution in [-0.2, 0) is 0 Å². The molecule has 2 nitrogen and oxygen atoms in total. The molecule has 0 aliphatic heterocycles. The van der Waals surface area contributed by atoms with E-state index in [9.17, 15) is 9.50 Å². The van der Waals surface area contributed by atoms with E-state index in [1.807, 2.05) is 18.2 Å². The van der Waals surface area contributed by atoms with Gasteiger partial charge in [0.1, 0.15) is 5.82 Å². The lowest BCUT2D eigenvalue weighted by Gasteiger charge is -2.20. The van der Waals surface area contributed by atoms with Gasteiger partial charge >= 0.3 is 0 Å². The fourth-order valence-corrected chi connectivity index (χ4v) is 1.97. The molecule has 1 atom stereocenters. The number of aliphatic hydroxyl groups excluding tert-OH is 1. The smallest absolute Gasteiger partial charge is 0.129 e. The second kappa shape index (κ2) is 6.89. The van der Waals surface area contributed by atoms with Gasteiger partial charge in [-0.25, -0.2) is 4.39 Å². The Labute approximate surface area is 100 Å². The number of benzene rings is 1. The van der Waals surface area contributed by atoms with Crippen LogP contribution < -0.4 is 0 Å². The number of rotatable bonds is 6. The minimum atomic E-state index is -0.756. The van der Waals surface area contributed by atoms with Crippen molar-refractivity contribution >= 4 is 11.8 Å². The number of hydrogen-bond donors (Lipinski definition) is 1. The quantitative estimate of drug-likeness (QED) is 0.828. The average Bonchev–Trinajstić information content (AvgIpc) is 2.26. The van der Waals surface area contributed by atoms with Crippen LogP contribution in [0.4, 0.5) is 4.39 Å². The zero-order valence-corrected chi connectivity index (χ0v) is 10.5. The summed E-state index contributed by atoms with van der Waals surface area (Å²) in [7, 11) is 1.93. The van der Waals surface area contributed by atoms with Gasteiger partial charge in [0.05, 0.1) is 6.10 Å². The maximum Gasteiger partial charge on any atom is 0.129 e. The van der Waals surface area contributed by atoms with Crippen molar-refractivity contribution in [1.82, 2.24) is 4.90 Å². The van der Waals surface area contributed by atoms with Crippen molar-refractivity contribution in [3.8, 4) is 0 Å². The molecule has 0 spiro atoms. The minimum absolute atomic E-state index is 0.340. The normalized spacial score (nSPS) is 13.1. The van der Waals surface area contributed by atoms with Crippen LogP contribution in [-0.4, -0.2) is 42.2 Å². The number of aliphatic hydroxyl groups is 1. The molecule has 0 radical (unpaired) electrons. The van der Waals surface area contributed by atoms with Crippen LogP contribution in [0.1, 0.15) is 11.7 Å². The molecule has 0 aromatic heterocycles. The molecule has 0 fully saturated rings. The summed E-state index contributed by atoms with van der Waals surface area (Å²) in [6, 6.07) is 6.37. The lowest BCUT2D eigenvalue weighted by molar-refractivity contribution is 0.126. The van der Waals surface area contributed by atoms with Crippen LogP contribution in [0.3, 0.4) is 0 Å². The monoisotopic (exact) mass is 243 g/mol. The Balaban J connectivity index is 2.52. The molecule has 4 heteroatoms. The standard InChI is InChI=1S/C12H18FNOS/c1-14(7-8-16-2)9-12(15)10-5-3-4-6-11(10)13/h3-6,12,15H,7-9H2,1-2H3. The number of hydrogen-bond acceptors (Lipinski definition) is 3. The molecule has 1 unspecified atom stereocenters. The van der Waals surface area contributed by atoms with E-state index in [0.29, 0.717) is 12.1 Å². The van der Waals surface area contributed by atoms with Crippen molar-refractivity contribution in [2.45, 2.75) is 6.10 Å². The lowest BCUT2D eigenvalue weighted by atomic mass is 10.1. The van der Waals surface area contributed by atoms with E-state index in [4.69, 9.17) is 0 Å². The van der Waals surface area contributed by atoms with Crippen molar-refractivity contribution in [3.05, 3.63) is 35.6 Å². The molecule has 0 saturated heterocycles. The van der Waals surface area contributed by atoms with E-state index < -0.39 is 6.10 Å². The summed E-state index contributed by atoms with van der Waals surface area (Å²) < 4.78 is 13.4. The summed E-state index contributed by atoms with van der Waals surface area (Å²) in [4.78, 5) is 2.01. The molecular weight excluding hydrogens is 225 g/mol.